The van der Waals surface area contributed by atoms with E-state index in [1.807, 2.05) is 78.9 Å². The molecule has 0 amide bonds. The van der Waals surface area contributed by atoms with Crippen molar-refractivity contribution in [2.45, 2.75) is 0 Å². The smallest absolute Gasteiger partial charge is 0.264 e. The second-order valence-electron chi connectivity index (χ2n) is 9.91. The maximum absolute atomic E-state index is 13.6. The third-order valence-corrected chi connectivity index (χ3v) is 7.81. The normalized spacial score (nSPS) is 12.2. The zero-order valence-corrected chi connectivity index (χ0v) is 20.7. The van der Waals surface area contributed by atoms with Crippen LogP contribution in [0.1, 0.15) is 0 Å². The van der Waals surface area contributed by atoms with Crippen molar-refractivity contribution < 1.29 is 0 Å². The van der Waals surface area contributed by atoms with Crippen LogP contribution >= 0.6 is 0 Å². The molecule has 40 heavy (non-hydrogen) atoms. The molecule has 8 heteroatoms. The highest BCUT2D eigenvalue weighted by molar-refractivity contribution is 6.11. The minimum atomic E-state index is -0.133. The summed E-state index contributed by atoms with van der Waals surface area (Å²) in [5.74, 6) is 1.06. The Labute approximate surface area is 224 Å². The first kappa shape index (κ1) is 21.2. The van der Waals surface area contributed by atoms with Crippen molar-refractivity contribution in [2.75, 3.05) is 0 Å². The van der Waals surface area contributed by atoms with Crippen LogP contribution in [0.5, 0.6) is 0 Å². The number of aromatic nitrogens is 6. The maximum atomic E-state index is 13.6. The molecular weight excluding hydrogens is 500 g/mol. The molecule has 0 spiro atoms. The van der Waals surface area contributed by atoms with Crippen molar-refractivity contribution in [3.8, 4) is 22.8 Å². The van der Waals surface area contributed by atoms with E-state index in [9.17, 15) is 9.59 Å². The van der Waals surface area contributed by atoms with E-state index in [1.54, 1.807) is 27.4 Å². The fourth-order valence-corrected chi connectivity index (χ4v) is 6.05. The molecule has 9 rings (SSSR count). The lowest BCUT2D eigenvalue weighted by molar-refractivity contribution is 1.12. The summed E-state index contributed by atoms with van der Waals surface area (Å²) in [6.45, 7) is 0. The van der Waals surface area contributed by atoms with Gasteiger partial charge in [0.05, 0.1) is 11.7 Å². The van der Waals surface area contributed by atoms with Gasteiger partial charge in [-0.3, -0.25) is 23.4 Å². The quantitative estimate of drug-likeness (QED) is 0.289. The number of imidazole rings is 2. The van der Waals surface area contributed by atoms with Crippen LogP contribution in [0.4, 0.5) is 0 Å². The van der Waals surface area contributed by atoms with Gasteiger partial charge in [-0.25, -0.2) is 15.0 Å². The number of nitrogens with zero attached hydrogens (tertiary/aromatic N) is 6. The van der Waals surface area contributed by atoms with Gasteiger partial charge in [0.2, 0.25) is 0 Å². The molecule has 6 heterocycles. The highest BCUT2D eigenvalue weighted by Gasteiger charge is 2.21. The van der Waals surface area contributed by atoms with Crippen LogP contribution in [0, 0.1) is 0 Å². The van der Waals surface area contributed by atoms with Crippen LogP contribution < -0.4 is 11.1 Å². The summed E-state index contributed by atoms with van der Waals surface area (Å²) in [6, 6.07) is 24.7. The Hall–Kier alpha value is -5.76. The third kappa shape index (κ3) is 2.59. The van der Waals surface area contributed by atoms with Crippen LogP contribution in [0.25, 0.3) is 77.3 Å². The molecule has 9 aromatic rings. The predicted octanol–water partition coefficient (Wildman–Crippen LogP) is 5.31. The molecule has 6 aromatic heterocycles. The van der Waals surface area contributed by atoms with E-state index in [1.165, 1.54) is 0 Å². The SMILES string of the molecule is O=c1c2ccccc2c2cncc3nc(-c4ccc(-c5nc6nccc7c8ccccc8c(=O)n5c67)cc4)n1c32. The summed E-state index contributed by atoms with van der Waals surface area (Å²) in [7, 11) is 0. The van der Waals surface area contributed by atoms with Gasteiger partial charge in [-0.05, 0) is 29.0 Å². The Balaban J connectivity index is 1.28. The lowest BCUT2D eigenvalue weighted by atomic mass is 10.1. The Kier molecular flexibility index (Phi) is 3.93. The van der Waals surface area contributed by atoms with Crippen LogP contribution in [-0.4, -0.2) is 28.7 Å². The molecular formula is C32H16N6O2. The summed E-state index contributed by atoms with van der Waals surface area (Å²) in [6.07, 6.45) is 5.19. The first-order valence-corrected chi connectivity index (χ1v) is 12.8. The van der Waals surface area contributed by atoms with Crippen LogP contribution in [0.3, 0.4) is 0 Å². The molecule has 186 valence electrons. The Bertz CT molecular complexity index is 2400. The molecule has 0 aliphatic heterocycles. The van der Waals surface area contributed by atoms with Gasteiger partial charge >= 0.3 is 0 Å². The number of fused-ring (bicyclic) bond motifs is 4. The van der Waals surface area contributed by atoms with Gasteiger partial charge in [-0.2, -0.15) is 0 Å². The average molecular weight is 517 g/mol. The van der Waals surface area contributed by atoms with Crippen molar-refractivity contribution in [2.24, 2.45) is 0 Å². The lowest BCUT2D eigenvalue weighted by Crippen LogP contribution is -2.14. The zero-order chi connectivity index (χ0) is 26.5. The summed E-state index contributed by atoms with van der Waals surface area (Å²) < 4.78 is 3.33. The number of hydrogen-bond acceptors (Lipinski definition) is 6. The first-order valence-electron chi connectivity index (χ1n) is 12.8. The fraction of sp³-hybridized carbons (Fsp3) is 0. The Morgan fingerprint density at radius 1 is 0.525 bits per heavy atom. The monoisotopic (exact) mass is 516 g/mol. The van der Waals surface area contributed by atoms with Crippen molar-refractivity contribution in [3.63, 3.8) is 0 Å². The Morgan fingerprint density at radius 3 is 1.77 bits per heavy atom. The lowest BCUT2D eigenvalue weighted by Gasteiger charge is -2.07. The van der Waals surface area contributed by atoms with E-state index in [-0.39, 0.29) is 11.1 Å². The van der Waals surface area contributed by atoms with Crippen molar-refractivity contribution in [3.05, 3.63) is 118 Å². The molecule has 0 saturated carbocycles. The highest BCUT2D eigenvalue weighted by atomic mass is 16.1. The van der Waals surface area contributed by atoms with Crippen molar-refractivity contribution in [1.82, 2.24) is 28.7 Å². The largest absolute Gasteiger partial charge is 0.268 e. The zero-order valence-electron chi connectivity index (χ0n) is 20.7. The number of rotatable bonds is 2. The molecule has 0 aliphatic rings. The molecule has 0 saturated heterocycles. The van der Waals surface area contributed by atoms with E-state index in [0.29, 0.717) is 39.1 Å². The maximum Gasteiger partial charge on any atom is 0.264 e. The summed E-state index contributed by atoms with van der Waals surface area (Å²) in [5, 5.41) is 4.81. The standard InChI is InChI=1S/C32H16N6O2/c39-31-23-8-4-2-6-20(23)24-15-33-16-25-26(24)37(31)29(35-25)17-9-11-18(12-10-17)30-36-28-27-21(13-14-34-28)19-5-1-3-7-22(19)32(40)38(27)30/h1-16H. The molecule has 0 fully saturated rings. The predicted molar refractivity (Wildman–Crippen MR) is 155 cm³/mol. The molecule has 0 N–H and O–H groups in total. The molecule has 0 aliphatic carbocycles. The van der Waals surface area contributed by atoms with Gasteiger partial charge < -0.3 is 0 Å². The minimum absolute atomic E-state index is 0.123. The number of hydrogen-bond donors (Lipinski definition) is 0. The van der Waals surface area contributed by atoms with Crippen LogP contribution in [0.15, 0.2) is 107 Å². The molecule has 3 aromatic carbocycles. The third-order valence-electron chi connectivity index (χ3n) is 7.81. The second-order valence-corrected chi connectivity index (χ2v) is 9.91. The van der Waals surface area contributed by atoms with Gasteiger partial charge in [-0.15, -0.1) is 0 Å². The number of pyridine rings is 4. The molecule has 8 nitrogen and oxygen atoms in total. The van der Waals surface area contributed by atoms with Crippen molar-refractivity contribution >= 4 is 54.5 Å². The molecule has 0 atom stereocenters. The topological polar surface area (TPSA) is 94.5 Å². The van der Waals surface area contributed by atoms with Gasteiger partial charge in [-0.1, -0.05) is 60.7 Å². The minimum Gasteiger partial charge on any atom is -0.268 e. The van der Waals surface area contributed by atoms with Gasteiger partial charge in [0.25, 0.3) is 11.1 Å². The molecule has 0 bridgehead atoms. The molecule has 0 radical (unpaired) electrons. The number of benzene rings is 3. The Morgan fingerprint density at radius 2 is 1.10 bits per heavy atom. The van der Waals surface area contributed by atoms with E-state index < -0.39 is 0 Å². The van der Waals surface area contributed by atoms with E-state index in [4.69, 9.17) is 9.97 Å². The van der Waals surface area contributed by atoms with Crippen LogP contribution in [0.2, 0.25) is 0 Å². The first-order chi connectivity index (χ1) is 19.7. The van der Waals surface area contributed by atoms with Gasteiger partial charge in [0, 0.05) is 45.1 Å². The second kappa shape index (κ2) is 7.42. The molecule has 0 unspecified atom stereocenters. The fourth-order valence-electron chi connectivity index (χ4n) is 6.05. The van der Waals surface area contributed by atoms with E-state index in [0.717, 1.165) is 38.2 Å². The summed E-state index contributed by atoms with van der Waals surface area (Å²) >= 11 is 0. The van der Waals surface area contributed by atoms with Crippen molar-refractivity contribution in [1.29, 1.82) is 0 Å². The highest BCUT2D eigenvalue weighted by Crippen LogP contribution is 2.33. The van der Waals surface area contributed by atoms with E-state index in [2.05, 4.69) is 9.97 Å². The van der Waals surface area contributed by atoms with Crippen LogP contribution in [-0.2, 0) is 0 Å². The van der Waals surface area contributed by atoms with Gasteiger partial charge in [0.15, 0.2) is 5.65 Å². The average Bonchev–Trinajstić information content (AvgIpc) is 3.60. The van der Waals surface area contributed by atoms with Gasteiger partial charge in [0.1, 0.15) is 22.7 Å². The summed E-state index contributed by atoms with van der Waals surface area (Å²) in [4.78, 5) is 45.7. The summed E-state index contributed by atoms with van der Waals surface area (Å²) in [5.41, 5.74) is 3.91. The van der Waals surface area contributed by atoms with E-state index >= 15 is 0 Å².